The molecule has 3 aliphatic rings. The van der Waals surface area contributed by atoms with Crippen LogP contribution in [0, 0.1) is 11.8 Å². The first-order valence-electron chi connectivity index (χ1n) is 13.9. The molecule has 3 aromatic rings. The van der Waals surface area contributed by atoms with Crippen LogP contribution in [0.25, 0.3) is 0 Å². The van der Waals surface area contributed by atoms with Crippen molar-refractivity contribution in [2.45, 2.75) is 43.8 Å². The Morgan fingerprint density at radius 1 is 0.881 bits per heavy atom. The van der Waals surface area contributed by atoms with Gasteiger partial charge in [0.2, 0.25) is 17.7 Å². The standard InChI is InChI=1S/C33H32ClN3O5/c1-32-16-17-33(42-32)27(26(32)29(38)35-19-22-10-14-25(41-2)15-11-22)31(40)37(20-23-8-12-24(34)13-9-23)28(33)30(39)36-18-21-6-4-3-5-7-21/h3-17,26-28H,18-20H2,1-2H3,(H,35,38)(H,36,39)/t26-,27+,28+,32+,33+/m0/s1. The monoisotopic (exact) mass is 585 g/mol. The number of carbonyl (C=O) groups excluding carboxylic acids is 3. The number of amides is 3. The van der Waals surface area contributed by atoms with Crippen LogP contribution in [0.3, 0.4) is 0 Å². The predicted octanol–water partition coefficient (Wildman–Crippen LogP) is 4.02. The van der Waals surface area contributed by atoms with Gasteiger partial charge in [-0.25, -0.2) is 0 Å². The number of nitrogens with zero attached hydrogens (tertiary/aromatic N) is 1. The number of fused-ring (bicyclic) bond motifs is 1. The smallest absolute Gasteiger partial charge is 0.246 e. The summed E-state index contributed by atoms with van der Waals surface area (Å²) >= 11 is 6.10. The minimum Gasteiger partial charge on any atom is -0.497 e. The number of halogens is 1. The zero-order valence-corrected chi connectivity index (χ0v) is 24.1. The van der Waals surface area contributed by atoms with Gasteiger partial charge in [0.1, 0.15) is 17.4 Å². The molecule has 0 aromatic heterocycles. The largest absolute Gasteiger partial charge is 0.497 e. The summed E-state index contributed by atoms with van der Waals surface area (Å²) in [6.07, 6.45) is 3.65. The predicted molar refractivity (Wildman–Crippen MR) is 157 cm³/mol. The van der Waals surface area contributed by atoms with Crippen LogP contribution in [-0.2, 0) is 38.8 Å². The van der Waals surface area contributed by atoms with E-state index in [2.05, 4.69) is 10.6 Å². The number of nitrogens with one attached hydrogen (secondary N) is 2. The van der Waals surface area contributed by atoms with E-state index >= 15 is 0 Å². The fraction of sp³-hybridized carbons (Fsp3) is 0.303. The van der Waals surface area contributed by atoms with Crippen LogP contribution in [-0.4, -0.2) is 47.0 Å². The molecule has 3 aromatic carbocycles. The quantitative estimate of drug-likeness (QED) is 0.370. The second-order valence-electron chi connectivity index (χ2n) is 11.2. The van der Waals surface area contributed by atoms with E-state index in [0.29, 0.717) is 11.6 Å². The molecule has 5 atom stereocenters. The van der Waals surface area contributed by atoms with E-state index in [1.165, 1.54) is 0 Å². The van der Waals surface area contributed by atoms with Crippen LogP contribution in [0.15, 0.2) is 91.0 Å². The van der Waals surface area contributed by atoms with Crippen LogP contribution in [0.5, 0.6) is 5.75 Å². The number of carbonyl (C=O) groups is 3. The van der Waals surface area contributed by atoms with Gasteiger partial charge in [-0.15, -0.1) is 0 Å². The average molecular weight is 586 g/mol. The van der Waals surface area contributed by atoms with Gasteiger partial charge in [-0.1, -0.05) is 78.4 Å². The number of hydrogen-bond donors (Lipinski definition) is 2. The van der Waals surface area contributed by atoms with Crippen molar-refractivity contribution in [3.05, 3.63) is 113 Å². The van der Waals surface area contributed by atoms with Gasteiger partial charge in [-0.2, -0.15) is 0 Å². The molecule has 9 heteroatoms. The SMILES string of the molecule is COc1ccc(CNC(=O)[C@@H]2[C@@H]3C(=O)N(Cc4ccc(Cl)cc4)[C@H](C(=O)NCc4ccccc4)[C@@]34C=C[C@@]2(C)O4)cc1. The Morgan fingerprint density at radius 3 is 2.17 bits per heavy atom. The third-order valence-corrected chi connectivity index (χ3v) is 8.78. The molecule has 2 N–H and O–H groups in total. The van der Waals surface area contributed by atoms with E-state index in [4.69, 9.17) is 21.1 Å². The Balaban J connectivity index is 1.29. The second kappa shape index (κ2) is 10.9. The highest BCUT2D eigenvalue weighted by molar-refractivity contribution is 6.30. The second-order valence-corrected chi connectivity index (χ2v) is 11.6. The van der Waals surface area contributed by atoms with Crippen LogP contribution in [0.1, 0.15) is 23.6 Å². The lowest BCUT2D eigenvalue weighted by Crippen LogP contribution is -2.54. The number of rotatable bonds is 9. The topological polar surface area (TPSA) is 97.0 Å². The molecule has 0 saturated carbocycles. The number of likely N-dealkylation sites (tertiary alicyclic amines) is 1. The molecule has 2 bridgehead atoms. The van der Waals surface area contributed by atoms with E-state index in [0.717, 1.165) is 22.4 Å². The Labute approximate surface area is 249 Å². The van der Waals surface area contributed by atoms with Crippen molar-refractivity contribution >= 4 is 29.3 Å². The summed E-state index contributed by atoms with van der Waals surface area (Å²) in [5.41, 5.74) is 0.332. The summed E-state index contributed by atoms with van der Waals surface area (Å²) in [6, 6.07) is 23.2. The number of hydrogen-bond acceptors (Lipinski definition) is 5. The van der Waals surface area contributed by atoms with Gasteiger partial charge in [0, 0.05) is 24.7 Å². The van der Waals surface area contributed by atoms with Gasteiger partial charge < -0.3 is 25.0 Å². The zero-order valence-electron chi connectivity index (χ0n) is 23.4. The van der Waals surface area contributed by atoms with Gasteiger partial charge in [0.15, 0.2) is 0 Å². The van der Waals surface area contributed by atoms with E-state index in [-0.39, 0.29) is 30.8 Å². The Bertz CT molecular complexity index is 1530. The van der Waals surface area contributed by atoms with Crippen molar-refractivity contribution in [2.24, 2.45) is 11.8 Å². The van der Waals surface area contributed by atoms with E-state index in [1.807, 2.05) is 85.8 Å². The fourth-order valence-corrected chi connectivity index (χ4v) is 6.64. The molecule has 3 aliphatic heterocycles. The first kappa shape index (κ1) is 28.0. The Morgan fingerprint density at radius 2 is 1.50 bits per heavy atom. The van der Waals surface area contributed by atoms with Crippen molar-refractivity contribution in [3.8, 4) is 5.75 Å². The average Bonchev–Trinajstić information content (AvgIpc) is 3.57. The van der Waals surface area contributed by atoms with Crippen molar-refractivity contribution in [1.29, 1.82) is 0 Å². The molecule has 8 nitrogen and oxygen atoms in total. The molecule has 1 spiro atoms. The molecule has 3 heterocycles. The molecule has 0 unspecified atom stereocenters. The number of methoxy groups -OCH3 is 1. The molecular formula is C33H32ClN3O5. The van der Waals surface area contributed by atoms with Crippen molar-refractivity contribution in [1.82, 2.24) is 15.5 Å². The third kappa shape index (κ3) is 4.84. The summed E-state index contributed by atoms with van der Waals surface area (Å²) in [5.74, 6) is -1.87. The minimum absolute atomic E-state index is 0.172. The van der Waals surface area contributed by atoms with Crippen molar-refractivity contribution in [2.75, 3.05) is 7.11 Å². The first-order valence-corrected chi connectivity index (χ1v) is 14.3. The van der Waals surface area contributed by atoms with Gasteiger partial charge in [-0.05, 0) is 47.9 Å². The highest BCUT2D eigenvalue weighted by Gasteiger charge is 2.76. The van der Waals surface area contributed by atoms with Crippen LogP contribution in [0.4, 0.5) is 0 Å². The van der Waals surface area contributed by atoms with Gasteiger partial charge in [0.05, 0.1) is 24.5 Å². The Hall–Kier alpha value is -4.14. The summed E-state index contributed by atoms with van der Waals surface area (Å²) in [7, 11) is 1.60. The summed E-state index contributed by atoms with van der Waals surface area (Å²) < 4.78 is 11.8. The van der Waals surface area contributed by atoms with Gasteiger partial charge in [-0.3, -0.25) is 14.4 Å². The zero-order chi connectivity index (χ0) is 29.5. The molecular weight excluding hydrogens is 554 g/mol. The number of benzene rings is 3. The highest BCUT2D eigenvalue weighted by atomic mass is 35.5. The summed E-state index contributed by atoms with van der Waals surface area (Å²) in [6.45, 7) is 2.56. The Kier molecular flexibility index (Phi) is 7.29. The summed E-state index contributed by atoms with van der Waals surface area (Å²) in [5, 5.41) is 6.59. The first-order chi connectivity index (χ1) is 20.2. The van der Waals surface area contributed by atoms with E-state index in [1.54, 1.807) is 24.1 Å². The van der Waals surface area contributed by atoms with Gasteiger partial charge in [0.25, 0.3) is 0 Å². The molecule has 2 fully saturated rings. The van der Waals surface area contributed by atoms with Crippen LogP contribution >= 0.6 is 11.6 Å². The molecule has 6 rings (SSSR count). The fourth-order valence-electron chi connectivity index (χ4n) is 6.51. The van der Waals surface area contributed by atoms with Crippen LogP contribution in [0.2, 0.25) is 5.02 Å². The molecule has 0 aliphatic carbocycles. The lowest BCUT2D eigenvalue weighted by molar-refractivity contribution is -0.145. The van der Waals surface area contributed by atoms with Crippen LogP contribution < -0.4 is 15.4 Å². The lowest BCUT2D eigenvalue weighted by atomic mass is 9.70. The van der Waals surface area contributed by atoms with Crippen molar-refractivity contribution in [3.63, 3.8) is 0 Å². The van der Waals surface area contributed by atoms with E-state index < -0.39 is 29.1 Å². The normalized spacial score (nSPS) is 27.2. The summed E-state index contributed by atoms with van der Waals surface area (Å²) in [4.78, 5) is 43.5. The van der Waals surface area contributed by atoms with Gasteiger partial charge >= 0.3 is 0 Å². The maximum atomic E-state index is 14.2. The highest BCUT2D eigenvalue weighted by Crippen LogP contribution is 2.59. The lowest BCUT2D eigenvalue weighted by Gasteiger charge is -2.33. The molecule has 0 radical (unpaired) electrons. The molecule has 2 saturated heterocycles. The molecule has 216 valence electrons. The number of ether oxygens (including phenoxy) is 2. The minimum atomic E-state index is -1.28. The molecule has 3 amide bonds. The maximum Gasteiger partial charge on any atom is 0.246 e. The van der Waals surface area contributed by atoms with E-state index in [9.17, 15) is 14.4 Å². The molecule has 42 heavy (non-hydrogen) atoms. The third-order valence-electron chi connectivity index (χ3n) is 8.53. The van der Waals surface area contributed by atoms with Crippen molar-refractivity contribution < 1.29 is 23.9 Å². The maximum absolute atomic E-state index is 14.2.